The molecule has 1 fully saturated rings. The summed E-state index contributed by atoms with van der Waals surface area (Å²) >= 11 is 0. The first-order valence-corrected chi connectivity index (χ1v) is 10.7. The summed E-state index contributed by atoms with van der Waals surface area (Å²) < 4.78 is 13.3. The third-order valence-electron chi connectivity index (χ3n) is 4.99. The average molecular weight is 451 g/mol. The van der Waals surface area contributed by atoms with Crippen LogP contribution in [0.3, 0.4) is 0 Å². The maximum absolute atomic E-state index is 13.3. The van der Waals surface area contributed by atoms with Gasteiger partial charge in [-0.05, 0) is 60.2 Å². The van der Waals surface area contributed by atoms with Gasteiger partial charge >= 0.3 is 0 Å². The molecule has 2 aromatic rings. The summed E-state index contributed by atoms with van der Waals surface area (Å²) in [6.45, 7) is 0.315. The minimum atomic E-state index is -0.499. The number of hydrogen-bond acceptors (Lipinski definition) is 4. The van der Waals surface area contributed by atoms with Crippen molar-refractivity contribution < 1.29 is 24.0 Å². The molecule has 1 aliphatic rings. The molecule has 1 saturated carbocycles. The predicted octanol–water partition coefficient (Wildman–Crippen LogP) is 3.06. The van der Waals surface area contributed by atoms with Crippen molar-refractivity contribution in [1.82, 2.24) is 16.1 Å². The molecule has 0 unspecified atom stereocenters. The fraction of sp³-hybridized carbons (Fsp3) is 0.240. The fourth-order valence-electron chi connectivity index (χ4n) is 3.02. The molecule has 7 nitrogen and oxygen atoms in total. The van der Waals surface area contributed by atoms with Crippen LogP contribution in [0.1, 0.15) is 42.4 Å². The number of hydroxylamine groups is 1. The van der Waals surface area contributed by atoms with Crippen molar-refractivity contribution >= 4 is 35.4 Å². The highest BCUT2D eigenvalue weighted by molar-refractivity contribution is 6.24. The van der Waals surface area contributed by atoms with E-state index in [4.69, 9.17) is 5.21 Å². The summed E-state index contributed by atoms with van der Waals surface area (Å²) in [5.41, 5.74) is 4.22. The summed E-state index contributed by atoms with van der Waals surface area (Å²) in [5.74, 6) is -1.35. The van der Waals surface area contributed by atoms with Crippen molar-refractivity contribution in [3.05, 3.63) is 77.1 Å². The van der Waals surface area contributed by atoms with Gasteiger partial charge in [0.1, 0.15) is 5.82 Å². The van der Waals surface area contributed by atoms with Gasteiger partial charge in [-0.1, -0.05) is 36.4 Å². The summed E-state index contributed by atoms with van der Waals surface area (Å²) in [6.07, 6.45) is 7.28. The van der Waals surface area contributed by atoms with Crippen molar-refractivity contribution in [2.45, 2.75) is 31.7 Å². The van der Waals surface area contributed by atoms with Crippen LogP contribution in [-0.2, 0) is 14.4 Å². The van der Waals surface area contributed by atoms with Crippen LogP contribution in [-0.4, -0.2) is 35.5 Å². The summed E-state index contributed by atoms with van der Waals surface area (Å²) in [6, 6.07) is 13.3. The van der Waals surface area contributed by atoms with Crippen LogP contribution in [0.15, 0.2) is 54.6 Å². The van der Waals surface area contributed by atoms with Crippen LogP contribution in [0, 0.1) is 5.82 Å². The molecule has 0 saturated heterocycles. The Hall–Kier alpha value is -3.78. The maximum Gasteiger partial charge on any atom is 0.252 e. The van der Waals surface area contributed by atoms with Crippen molar-refractivity contribution in [1.29, 1.82) is 0 Å². The number of benzene rings is 2. The number of hydrogen-bond donors (Lipinski definition) is 4. The molecule has 172 valence electrons. The van der Waals surface area contributed by atoms with Gasteiger partial charge in [0, 0.05) is 30.7 Å². The molecule has 3 rings (SSSR count). The Morgan fingerprint density at radius 2 is 1.67 bits per heavy atom. The van der Waals surface area contributed by atoms with Crippen LogP contribution < -0.4 is 16.1 Å². The quantitative estimate of drug-likeness (QED) is 0.146. The van der Waals surface area contributed by atoms with Crippen LogP contribution in [0.2, 0.25) is 0 Å². The molecule has 0 radical (unpaired) electrons. The smallest absolute Gasteiger partial charge is 0.252 e. The summed E-state index contributed by atoms with van der Waals surface area (Å²) in [7, 11) is 0. The lowest BCUT2D eigenvalue weighted by Gasteiger charge is -2.09. The zero-order valence-corrected chi connectivity index (χ0v) is 18.0. The van der Waals surface area contributed by atoms with Gasteiger partial charge in [0.15, 0.2) is 0 Å². The van der Waals surface area contributed by atoms with Gasteiger partial charge in [0.05, 0.1) is 0 Å². The third-order valence-corrected chi connectivity index (χ3v) is 4.99. The third kappa shape index (κ3) is 8.01. The van der Waals surface area contributed by atoms with Gasteiger partial charge < -0.3 is 10.6 Å². The Labute approximate surface area is 191 Å². The number of halogens is 1. The molecule has 0 bridgehead atoms. The van der Waals surface area contributed by atoms with Gasteiger partial charge in [0.2, 0.25) is 11.8 Å². The van der Waals surface area contributed by atoms with E-state index in [1.807, 2.05) is 24.3 Å². The van der Waals surface area contributed by atoms with Crippen LogP contribution in [0.25, 0.3) is 17.7 Å². The van der Waals surface area contributed by atoms with Gasteiger partial charge in [-0.25, -0.2) is 9.87 Å². The minimum absolute atomic E-state index is 0.119. The van der Waals surface area contributed by atoms with E-state index in [-0.39, 0.29) is 30.1 Å². The SMILES string of the molecule is O=C(C=Cc1ccc(C=C(C(=O)NC2CC2)c2ccc(F)cc2)cc1)NCCCC(=O)NO. The second kappa shape index (κ2) is 11.7. The number of nitrogens with one attached hydrogen (secondary N) is 3. The first kappa shape index (κ1) is 23.9. The van der Waals surface area contributed by atoms with Crippen molar-refractivity contribution in [3.8, 4) is 0 Å². The lowest BCUT2D eigenvalue weighted by molar-refractivity contribution is -0.129. The van der Waals surface area contributed by atoms with E-state index < -0.39 is 5.91 Å². The van der Waals surface area contributed by atoms with E-state index in [2.05, 4.69) is 10.6 Å². The van der Waals surface area contributed by atoms with E-state index in [1.165, 1.54) is 23.7 Å². The monoisotopic (exact) mass is 451 g/mol. The van der Waals surface area contributed by atoms with Gasteiger partial charge in [-0.2, -0.15) is 0 Å². The summed E-state index contributed by atoms with van der Waals surface area (Å²) in [5, 5.41) is 14.0. The largest absolute Gasteiger partial charge is 0.353 e. The molecule has 8 heteroatoms. The second-order valence-electron chi connectivity index (χ2n) is 7.74. The van der Waals surface area contributed by atoms with E-state index in [9.17, 15) is 18.8 Å². The molecule has 0 heterocycles. The van der Waals surface area contributed by atoms with Crippen molar-refractivity contribution in [3.63, 3.8) is 0 Å². The molecule has 3 amide bonds. The van der Waals surface area contributed by atoms with Gasteiger partial charge in [0.25, 0.3) is 5.91 Å². The normalized spacial score (nSPS) is 13.6. The number of carbonyl (C=O) groups excluding carboxylic acids is 3. The zero-order valence-electron chi connectivity index (χ0n) is 18.0. The molecule has 0 atom stereocenters. The lowest BCUT2D eigenvalue weighted by atomic mass is 10.0. The predicted molar refractivity (Wildman–Crippen MR) is 123 cm³/mol. The van der Waals surface area contributed by atoms with E-state index in [0.29, 0.717) is 24.1 Å². The molecule has 0 aromatic heterocycles. The second-order valence-corrected chi connectivity index (χ2v) is 7.74. The Balaban J connectivity index is 1.63. The number of carbonyl (C=O) groups is 3. The number of rotatable bonds is 10. The highest BCUT2D eigenvalue weighted by atomic mass is 19.1. The Morgan fingerprint density at radius 3 is 2.30 bits per heavy atom. The fourth-order valence-corrected chi connectivity index (χ4v) is 3.02. The first-order valence-electron chi connectivity index (χ1n) is 10.7. The average Bonchev–Trinajstić information content (AvgIpc) is 3.64. The molecule has 2 aromatic carbocycles. The maximum atomic E-state index is 13.3. The van der Waals surface area contributed by atoms with E-state index in [0.717, 1.165) is 24.0 Å². The van der Waals surface area contributed by atoms with Gasteiger partial charge in [-0.3, -0.25) is 19.6 Å². The number of amides is 3. The van der Waals surface area contributed by atoms with Crippen LogP contribution in [0.5, 0.6) is 0 Å². The molecular formula is C25H26FN3O4. The summed E-state index contributed by atoms with van der Waals surface area (Å²) in [4.78, 5) is 35.5. The van der Waals surface area contributed by atoms with Crippen LogP contribution in [0.4, 0.5) is 4.39 Å². The Kier molecular flexibility index (Phi) is 8.49. The first-order chi connectivity index (χ1) is 15.9. The van der Waals surface area contributed by atoms with E-state index >= 15 is 0 Å². The van der Waals surface area contributed by atoms with Crippen molar-refractivity contribution in [2.75, 3.05) is 6.54 Å². The zero-order chi connectivity index (χ0) is 23.6. The van der Waals surface area contributed by atoms with Crippen molar-refractivity contribution in [2.24, 2.45) is 0 Å². The van der Waals surface area contributed by atoms with Gasteiger partial charge in [-0.15, -0.1) is 0 Å². The van der Waals surface area contributed by atoms with E-state index in [1.54, 1.807) is 24.3 Å². The highest BCUT2D eigenvalue weighted by Crippen LogP contribution is 2.24. The minimum Gasteiger partial charge on any atom is -0.353 e. The molecule has 4 N–H and O–H groups in total. The highest BCUT2D eigenvalue weighted by Gasteiger charge is 2.25. The van der Waals surface area contributed by atoms with Crippen LogP contribution >= 0.6 is 0 Å². The standard InChI is InChI=1S/C25H26FN3O4/c26-20-10-8-19(9-11-20)22(25(32)28-21-12-13-21)16-18-5-3-17(4-6-18)7-14-23(30)27-15-1-2-24(31)29-33/h3-11,14,16,21,33H,1-2,12-13,15H2,(H,27,30)(H,28,32)(H,29,31). The molecule has 0 aliphatic heterocycles. The Morgan fingerprint density at radius 1 is 1.00 bits per heavy atom. The topological polar surface area (TPSA) is 108 Å². The molecule has 0 spiro atoms. The molecule has 33 heavy (non-hydrogen) atoms. The molecular weight excluding hydrogens is 425 g/mol. The lowest BCUT2D eigenvalue weighted by Crippen LogP contribution is -2.26. The molecule has 1 aliphatic carbocycles. The Bertz CT molecular complexity index is 1040.